The Bertz CT molecular complexity index is 823. The van der Waals surface area contributed by atoms with E-state index in [0.29, 0.717) is 26.9 Å². The van der Waals surface area contributed by atoms with Crippen LogP contribution in [0.2, 0.25) is 0 Å². The van der Waals surface area contributed by atoms with Gasteiger partial charge in [0.2, 0.25) is 0 Å². The molecule has 3 rings (SSSR count). The van der Waals surface area contributed by atoms with Gasteiger partial charge in [-0.05, 0) is 36.4 Å². The molecular weight excluding hydrogens is 256 g/mol. The van der Waals surface area contributed by atoms with Crippen molar-refractivity contribution in [2.45, 2.75) is 0 Å². The van der Waals surface area contributed by atoms with Crippen LogP contribution in [0.4, 0.5) is 0 Å². The van der Waals surface area contributed by atoms with E-state index in [1.807, 2.05) is 0 Å². The van der Waals surface area contributed by atoms with Crippen molar-refractivity contribution in [1.29, 1.82) is 0 Å². The fraction of sp³-hybridized carbons (Fsp3) is 0.0667. The average Bonchev–Trinajstić information content (AvgIpc) is 2.51. The molecule has 0 spiro atoms. The first-order valence-electron chi connectivity index (χ1n) is 6.06. The van der Waals surface area contributed by atoms with Crippen molar-refractivity contribution in [3.63, 3.8) is 0 Å². The Morgan fingerprint density at radius 2 is 1.80 bits per heavy atom. The second-order valence-electron chi connectivity index (χ2n) is 4.30. The fourth-order valence-electron chi connectivity index (χ4n) is 2.05. The molecule has 0 amide bonds. The van der Waals surface area contributed by atoms with Crippen LogP contribution in [0.5, 0.6) is 5.75 Å². The van der Waals surface area contributed by atoms with Crippen molar-refractivity contribution >= 4 is 10.9 Å². The Kier molecular flexibility index (Phi) is 2.87. The van der Waals surface area contributed by atoms with E-state index in [2.05, 4.69) is 4.98 Å². The van der Waals surface area contributed by atoms with E-state index in [1.54, 1.807) is 55.6 Å². The summed E-state index contributed by atoms with van der Waals surface area (Å²) < 4.78 is 5.65. The van der Waals surface area contributed by atoms with Gasteiger partial charge in [-0.15, -0.1) is 4.73 Å². The minimum atomic E-state index is -0.485. The molecule has 0 atom stereocenters. The number of rotatable bonds is 2. The molecule has 0 aliphatic heterocycles. The minimum absolute atomic E-state index is 0.205. The van der Waals surface area contributed by atoms with Crippen LogP contribution in [0.15, 0.2) is 53.3 Å². The Morgan fingerprint density at radius 1 is 1.10 bits per heavy atom. The highest BCUT2D eigenvalue weighted by Gasteiger charge is 2.11. The molecule has 0 unspecified atom stereocenters. The fourth-order valence-corrected chi connectivity index (χ4v) is 2.05. The van der Waals surface area contributed by atoms with Crippen LogP contribution in [0, 0.1) is 0 Å². The predicted molar refractivity (Wildman–Crippen MR) is 75.2 cm³/mol. The van der Waals surface area contributed by atoms with Gasteiger partial charge in [-0.25, -0.2) is 4.98 Å². The number of ether oxygens (including phenoxy) is 1. The molecule has 1 heterocycles. The molecule has 1 N–H and O–H groups in total. The Morgan fingerprint density at radius 3 is 2.50 bits per heavy atom. The second kappa shape index (κ2) is 4.70. The summed E-state index contributed by atoms with van der Waals surface area (Å²) in [6, 6.07) is 13.9. The van der Waals surface area contributed by atoms with Crippen LogP contribution in [-0.4, -0.2) is 22.0 Å². The van der Waals surface area contributed by atoms with E-state index in [9.17, 15) is 10.0 Å². The van der Waals surface area contributed by atoms with Gasteiger partial charge in [-0.1, -0.05) is 12.1 Å². The summed E-state index contributed by atoms with van der Waals surface area (Å²) in [5.41, 5.74) is 0.700. The molecule has 1 aromatic heterocycles. The molecule has 0 bridgehead atoms. The van der Waals surface area contributed by atoms with Gasteiger partial charge in [0.05, 0.1) is 18.0 Å². The van der Waals surface area contributed by atoms with Crippen LogP contribution in [0.1, 0.15) is 0 Å². The topological polar surface area (TPSA) is 64.3 Å². The van der Waals surface area contributed by atoms with Gasteiger partial charge in [-0.3, -0.25) is 4.79 Å². The number of nitrogens with zero attached hydrogens (tertiary/aromatic N) is 2. The van der Waals surface area contributed by atoms with Crippen molar-refractivity contribution in [2.75, 3.05) is 7.11 Å². The van der Waals surface area contributed by atoms with E-state index in [-0.39, 0.29) is 5.82 Å². The van der Waals surface area contributed by atoms with Crippen LogP contribution in [-0.2, 0) is 0 Å². The lowest BCUT2D eigenvalue weighted by Gasteiger charge is -2.08. The summed E-state index contributed by atoms with van der Waals surface area (Å²) >= 11 is 0. The zero-order chi connectivity index (χ0) is 14.1. The molecule has 5 nitrogen and oxygen atoms in total. The number of hydrogen-bond acceptors (Lipinski definition) is 4. The van der Waals surface area contributed by atoms with Crippen molar-refractivity contribution in [2.24, 2.45) is 0 Å². The quantitative estimate of drug-likeness (QED) is 0.724. The normalized spacial score (nSPS) is 10.7. The number of aromatic nitrogens is 2. The Balaban J connectivity index is 2.25. The van der Waals surface area contributed by atoms with Gasteiger partial charge in [0.1, 0.15) is 5.75 Å². The lowest BCUT2D eigenvalue weighted by molar-refractivity contribution is 0.178. The number of fused-ring (bicyclic) bond motifs is 1. The highest BCUT2D eigenvalue weighted by Crippen LogP contribution is 2.20. The van der Waals surface area contributed by atoms with Gasteiger partial charge < -0.3 is 9.94 Å². The second-order valence-corrected chi connectivity index (χ2v) is 4.30. The van der Waals surface area contributed by atoms with Crippen molar-refractivity contribution < 1.29 is 9.94 Å². The van der Waals surface area contributed by atoms with Gasteiger partial charge in [0.25, 0.3) is 5.56 Å². The standard InChI is InChI=1S/C15H12N2O3/c1-20-11-8-6-10(7-9-11)14-16-13-5-3-2-4-12(13)15(18)17(14)19/h2-9,19H,1H3. The molecule has 0 radical (unpaired) electrons. The van der Waals surface area contributed by atoms with Crippen LogP contribution in [0.3, 0.4) is 0 Å². The lowest BCUT2D eigenvalue weighted by atomic mass is 10.2. The molecule has 0 aliphatic carbocycles. The first-order valence-corrected chi connectivity index (χ1v) is 6.06. The SMILES string of the molecule is COc1ccc(-c2nc3ccccc3c(=O)n2O)cc1. The largest absolute Gasteiger partial charge is 0.497 e. The monoisotopic (exact) mass is 268 g/mol. The van der Waals surface area contributed by atoms with Crippen molar-refractivity contribution in [3.8, 4) is 17.1 Å². The molecule has 0 aliphatic rings. The summed E-state index contributed by atoms with van der Waals surface area (Å²) in [4.78, 5) is 16.4. The molecule has 5 heteroatoms. The van der Waals surface area contributed by atoms with E-state index in [0.717, 1.165) is 0 Å². The molecule has 0 saturated heterocycles. The molecule has 2 aromatic carbocycles. The number of para-hydroxylation sites is 1. The van der Waals surface area contributed by atoms with Crippen molar-refractivity contribution in [1.82, 2.24) is 9.71 Å². The average molecular weight is 268 g/mol. The minimum Gasteiger partial charge on any atom is -0.497 e. The van der Waals surface area contributed by atoms with Crippen LogP contribution < -0.4 is 10.3 Å². The first-order chi connectivity index (χ1) is 9.70. The number of methoxy groups -OCH3 is 1. The third-order valence-corrected chi connectivity index (χ3v) is 3.10. The number of hydrogen-bond donors (Lipinski definition) is 1. The van der Waals surface area contributed by atoms with Gasteiger partial charge in [0, 0.05) is 5.56 Å². The Hall–Kier alpha value is -2.82. The lowest BCUT2D eigenvalue weighted by Crippen LogP contribution is -2.21. The van der Waals surface area contributed by atoms with Crippen LogP contribution in [0.25, 0.3) is 22.3 Å². The first kappa shape index (κ1) is 12.2. The molecule has 0 fully saturated rings. The number of benzene rings is 2. The maximum Gasteiger partial charge on any atom is 0.294 e. The summed E-state index contributed by atoms with van der Waals surface area (Å²) in [5.74, 6) is 0.901. The summed E-state index contributed by atoms with van der Waals surface area (Å²) in [7, 11) is 1.57. The summed E-state index contributed by atoms with van der Waals surface area (Å²) in [6.07, 6.45) is 0. The highest BCUT2D eigenvalue weighted by molar-refractivity contribution is 5.79. The molecule has 20 heavy (non-hydrogen) atoms. The van der Waals surface area contributed by atoms with E-state index in [4.69, 9.17) is 4.74 Å². The van der Waals surface area contributed by atoms with E-state index < -0.39 is 5.56 Å². The smallest absolute Gasteiger partial charge is 0.294 e. The molecule has 0 saturated carbocycles. The molecule has 100 valence electrons. The van der Waals surface area contributed by atoms with Gasteiger partial charge in [-0.2, -0.15) is 0 Å². The Labute approximate surface area is 114 Å². The predicted octanol–water partition coefficient (Wildman–Crippen LogP) is 2.31. The zero-order valence-electron chi connectivity index (χ0n) is 10.8. The van der Waals surface area contributed by atoms with E-state index in [1.165, 1.54) is 0 Å². The van der Waals surface area contributed by atoms with Gasteiger partial charge in [0.15, 0.2) is 5.82 Å². The summed E-state index contributed by atoms with van der Waals surface area (Å²) in [5, 5.41) is 10.4. The zero-order valence-corrected chi connectivity index (χ0v) is 10.8. The highest BCUT2D eigenvalue weighted by atomic mass is 16.5. The maximum atomic E-state index is 12.1. The van der Waals surface area contributed by atoms with E-state index >= 15 is 0 Å². The third-order valence-electron chi connectivity index (χ3n) is 3.10. The van der Waals surface area contributed by atoms with Crippen molar-refractivity contribution in [3.05, 3.63) is 58.9 Å². The van der Waals surface area contributed by atoms with Crippen LogP contribution >= 0.6 is 0 Å². The molecule has 3 aromatic rings. The summed E-state index contributed by atoms with van der Waals surface area (Å²) in [6.45, 7) is 0. The maximum absolute atomic E-state index is 12.1. The van der Waals surface area contributed by atoms with Gasteiger partial charge >= 0.3 is 0 Å². The third kappa shape index (κ3) is 1.89. The molecular formula is C15H12N2O3.